The smallest absolute Gasteiger partial charge is 0.0307 e. The van der Waals surface area contributed by atoms with Crippen LogP contribution in [0.3, 0.4) is 0 Å². The number of rotatable bonds is 4. The van der Waals surface area contributed by atoms with Gasteiger partial charge in [-0.15, -0.1) is 0 Å². The van der Waals surface area contributed by atoms with Gasteiger partial charge in [0.15, 0.2) is 0 Å². The van der Waals surface area contributed by atoms with Gasteiger partial charge in [0, 0.05) is 6.26 Å². The Labute approximate surface area is 73.0 Å². The number of aryl methyl sites for hydroxylation is 1. The van der Waals surface area contributed by atoms with Crippen molar-refractivity contribution in [3.8, 4) is 0 Å². The van der Waals surface area contributed by atoms with Gasteiger partial charge in [-0.25, -0.2) is 0 Å². The second kappa shape index (κ2) is 5.25. The molecule has 0 aromatic heterocycles. The molecule has 0 N–H and O–H groups in total. The van der Waals surface area contributed by atoms with E-state index in [1.54, 1.807) is 0 Å². The van der Waals surface area contributed by atoms with Crippen molar-refractivity contribution in [1.29, 1.82) is 0 Å². The van der Waals surface area contributed by atoms with E-state index in [0.717, 1.165) is 12.2 Å². The lowest BCUT2D eigenvalue weighted by Crippen LogP contribution is -1.85. The van der Waals surface area contributed by atoms with Gasteiger partial charge >= 0.3 is 0 Å². The van der Waals surface area contributed by atoms with E-state index in [2.05, 4.69) is 24.3 Å². The van der Waals surface area contributed by atoms with E-state index in [0.29, 0.717) is 0 Å². The SMILES string of the molecule is [CH]SCCCc1ccccc1. The highest BCUT2D eigenvalue weighted by Gasteiger charge is 1.89. The van der Waals surface area contributed by atoms with Crippen molar-refractivity contribution in [2.24, 2.45) is 0 Å². The molecule has 0 aliphatic carbocycles. The van der Waals surface area contributed by atoms with Crippen molar-refractivity contribution in [2.75, 3.05) is 5.75 Å². The number of hydrogen-bond donors (Lipinski definition) is 0. The van der Waals surface area contributed by atoms with Gasteiger partial charge in [0.25, 0.3) is 0 Å². The monoisotopic (exact) mass is 164 g/mol. The zero-order valence-corrected chi connectivity index (χ0v) is 7.31. The van der Waals surface area contributed by atoms with E-state index in [9.17, 15) is 0 Å². The van der Waals surface area contributed by atoms with Crippen molar-refractivity contribution in [1.82, 2.24) is 0 Å². The fourth-order valence-corrected chi connectivity index (χ4v) is 1.32. The van der Waals surface area contributed by atoms with Crippen LogP contribution in [0.1, 0.15) is 12.0 Å². The van der Waals surface area contributed by atoms with Crippen molar-refractivity contribution in [3.05, 3.63) is 42.2 Å². The summed E-state index contributed by atoms with van der Waals surface area (Å²) >= 11 is 1.42. The minimum Gasteiger partial charge on any atom is -0.156 e. The van der Waals surface area contributed by atoms with Crippen LogP contribution < -0.4 is 0 Å². The highest BCUT2D eigenvalue weighted by Crippen LogP contribution is 2.05. The van der Waals surface area contributed by atoms with Crippen LogP contribution in [0, 0.1) is 6.26 Å². The predicted octanol–water partition coefficient (Wildman–Crippen LogP) is 3.02. The third kappa shape index (κ3) is 3.47. The average molecular weight is 164 g/mol. The Morgan fingerprint density at radius 3 is 2.55 bits per heavy atom. The van der Waals surface area contributed by atoms with Gasteiger partial charge < -0.3 is 0 Å². The molecule has 11 heavy (non-hydrogen) atoms. The van der Waals surface area contributed by atoms with E-state index in [1.807, 2.05) is 6.07 Å². The van der Waals surface area contributed by atoms with Crippen LogP contribution in [0.15, 0.2) is 30.3 Å². The topological polar surface area (TPSA) is 0 Å². The zero-order chi connectivity index (χ0) is 7.94. The fourth-order valence-electron chi connectivity index (χ4n) is 1.00. The van der Waals surface area contributed by atoms with Crippen LogP contribution in [0.4, 0.5) is 0 Å². The summed E-state index contributed by atoms with van der Waals surface area (Å²) in [5, 5.41) is 0. The molecule has 0 atom stereocenters. The first-order valence-corrected chi connectivity index (χ1v) is 4.84. The molecule has 0 nitrogen and oxygen atoms in total. The second-order valence-corrected chi connectivity index (χ2v) is 3.20. The maximum absolute atomic E-state index is 5.31. The minimum atomic E-state index is 1.05. The van der Waals surface area contributed by atoms with Gasteiger partial charge in [-0.3, -0.25) is 0 Å². The lowest BCUT2D eigenvalue weighted by atomic mass is 10.1. The molecule has 2 radical (unpaired) electrons. The Balaban J connectivity index is 2.28. The van der Waals surface area contributed by atoms with E-state index in [1.165, 1.54) is 23.7 Å². The molecule has 0 aliphatic rings. The summed E-state index contributed by atoms with van der Waals surface area (Å²) in [6.45, 7) is 0. The van der Waals surface area contributed by atoms with Crippen LogP contribution in [0.25, 0.3) is 0 Å². The molecular formula is C10H12S. The summed E-state index contributed by atoms with van der Waals surface area (Å²) in [5.41, 5.74) is 1.40. The first-order chi connectivity index (χ1) is 5.43. The Bertz CT molecular complexity index is 181. The molecule has 0 saturated heterocycles. The quantitative estimate of drug-likeness (QED) is 0.616. The van der Waals surface area contributed by atoms with E-state index in [4.69, 9.17) is 6.26 Å². The highest BCUT2D eigenvalue weighted by atomic mass is 32.2. The lowest BCUT2D eigenvalue weighted by Gasteiger charge is -1.97. The molecule has 0 spiro atoms. The summed E-state index contributed by atoms with van der Waals surface area (Å²) in [7, 11) is 0. The van der Waals surface area contributed by atoms with Crippen LogP contribution >= 0.6 is 11.8 Å². The largest absolute Gasteiger partial charge is 0.156 e. The first kappa shape index (κ1) is 8.66. The second-order valence-electron chi connectivity index (χ2n) is 2.46. The molecule has 0 aliphatic heterocycles. The number of thioether (sulfide) groups is 1. The van der Waals surface area contributed by atoms with Crippen LogP contribution in [0.5, 0.6) is 0 Å². The van der Waals surface area contributed by atoms with Crippen molar-refractivity contribution in [3.63, 3.8) is 0 Å². The maximum Gasteiger partial charge on any atom is 0.0307 e. The molecule has 0 saturated carbocycles. The van der Waals surface area contributed by atoms with E-state index in [-0.39, 0.29) is 0 Å². The van der Waals surface area contributed by atoms with Crippen LogP contribution in [-0.2, 0) is 6.42 Å². The lowest BCUT2D eigenvalue weighted by molar-refractivity contribution is 0.935. The first-order valence-electron chi connectivity index (χ1n) is 3.79. The summed E-state index contributed by atoms with van der Waals surface area (Å²) in [6.07, 6.45) is 7.63. The molecule has 1 aromatic rings. The molecule has 1 aromatic carbocycles. The predicted molar refractivity (Wildman–Crippen MR) is 51.5 cm³/mol. The van der Waals surface area contributed by atoms with Crippen molar-refractivity contribution < 1.29 is 0 Å². The van der Waals surface area contributed by atoms with Gasteiger partial charge in [0.2, 0.25) is 0 Å². The van der Waals surface area contributed by atoms with Crippen LogP contribution in [-0.4, -0.2) is 5.75 Å². The van der Waals surface area contributed by atoms with E-state index >= 15 is 0 Å². The fraction of sp³-hybridized carbons (Fsp3) is 0.300. The summed E-state index contributed by atoms with van der Waals surface area (Å²) in [4.78, 5) is 0. The number of benzene rings is 1. The average Bonchev–Trinajstić information content (AvgIpc) is 2.07. The standard InChI is InChI=1S/C10H12S/c1-11-9-5-8-10-6-3-2-4-7-10/h1-4,6-7H,5,8-9H2. The molecule has 0 amide bonds. The minimum absolute atomic E-state index is 1.05. The zero-order valence-electron chi connectivity index (χ0n) is 6.49. The van der Waals surface area contributed by atoms with Gasteiger partial charge in [-0.1, -0.05) is 30.3 Å². The molecule has 1 heteroatoms. The summed E-state index contributed by atoms with van der Waals surface area (Å²) in [5.74, 6) is 1.05. The van der Waals surface area contributed by atoms with Crippen molar-refractivity contribution in [2.45, 2.75) is 12.8 Å². The Hall–Kier alpha value is -0.430. The molecule has 0 bridgehead atoms. The Kier molecular flexibility index (Phi) is 4.14. The Morgan fingerprint density at radius 2 is 1.91 bits per heavy atom. The van der Waals surface area contributed by atoms with Gasteiger partial charge in [0.05, 0.1) is 0 Å². The molecule has 0 unspecified atom stereocenters. The molecular weight excluding hydrogens is 152 g/mol. The molecule has 0 fully saturated rings. The number of hydrogen-bond acceptors (Lipinski definition) is 1. The Morgan fingerprint density at radius 1 is 1.18 bits per heavy atom. The third-order valence-corrected chi connectivity index (χ3v) is 2.09. The molecule has 1 rings (SSSR count). The highest BCUT2D eigenvalue weighted by molar-refractivity contribution is 8.00. The van der Waals surface area contributed by atoms with Gasteiger partial charge in [-0.2, -0.15) is 11.8 Å². The van der Waals surface area contributed by atoms with Crippen molar-refractivity contribution >= 4 is 11.8 Å². The van der Waals surface area contributed by atoms with Gasteiger partial charge in [0.1, 0.15) is 0 Å². The maximum atomic E-state index is 5.31. The van der Waals surface area contributed by atoms with E-state index < -0.39 is 0 Å². The summed E-state index contributed by atoms with van der Waals surface area (Å²) in [6, 6.07) is 10.5. The van der Waals surface area contributed by atoms with Crippen LogP contribution in [0.2, 0.25) is 0 Å². The summed E-state index contributed by atoms with van der Waals surface area (Å²) < 4.78 is 0. The molecule has 58 valence electrons. The molecule has 0 heterocycles. The normalized spacial score (nSPS) is 9.91. The third-order valence-electron chi connectivity index (χ3n) is 1.57. The van der Waals surface area contributed by atoms with Gasteiger partial charge in [-0.05, 0) is 24.2 Å².